The third-order valence-corrected chi connectivity index (χ3v) is 3.63. The SMILES string of the molecule is COc1ccc(Nc2cc(Br)ccc2C(N)=S)cc1C. The fourth-order valence-corrected chi connectivity index (χ4v) is 2.49. The van der Waals surface area contributed by atoms with Gasteiger partial charge in [-0.2, -0.15) is 0 Å². The lowest BCUT2D eigenvalue weighted by molar-refractivity contribution is 0.412. The highest BCUT2D eigenvalue weighted by Crippen LogP contribution is 2.28. The maximum atomic E-state index is 5.75. The summed E-state index contributed by atoms with van der Waals surface area (Å²) in [7, 11) is 1.66. The van der Waals surface area contributed by atoms with Crippen molar-refractivity contribution in [2.24, 2.45) is 5.73 Å². The lowest BCUT2D eigenvalue weighted by Gasteiger charge is -2.13. The predicted molar refractivity (Wildman–Crippen MR) is 91.0 cm³/mol. The Morgan fingerprint density at radius 3 is 2.60 bits per heavy atom. The minimum Gasteiger partial charge on any atom is -0.496 e. The molecule has 104 valence electrons. The minimum atomic E-state index is 0.366. The summed E-state index contributed by atoms with van der Waals surface area (Å²) in [6, 6.07) is 11.7. The Morgan fingerprint density at radius 2 is 2.00 bits per heavy atom. The first-order valence-corrected chi connectivity index (χ1v) is 7.22. The third-order valence-electron chi connectivity index (χ3n) is 2.92. The Balaban J connectivity index is 2.36. The van der Waals surface area contributed by atoms with Gasteiger partial charge >= 0.3 is 0 Å². The number of ether oxygens (including phenoxy) is 1. The molecule has 0 aliphatic rings. The summed E-state index contributed by atoms with van der Waals surface area (Å²) < 4.78 is 6.22. The molecule has 0 spiro atoms. The van der Waals surface area contributed by atoms with E-state index in [-0.39, 0.29) is 0 Å². The van der Waals surface area contributed by atoms with E-state index >= 15 is 0 Å². The summed E-state index contributed by atoms with van der Waals surface area (Å²) in [5.74, 6) is 0.861. The van der Waals surface area contributed by atoms with Gasteiger partial charge in [0.1, 0.15) is 10.7 Å². The van der Waals surface area contributed by atoms with Gasteiger partial charge in [0.25, 0.3) is 0 Å². The van der Waals surface area contributed by atoms with Crippen molar-refractivity contribution in [2.45, 2.75) is 6.92 Å². The maximum absolute atomic E-state index is 5.75. The van der Waals surface area contributed by atoms with Gasteiger partial charge in [0, 0.05) is 21.4 Å². The standard InChI is InChI=1S/C15H15BrN2OS/c1-9-7-11(4-6-14(9)19-2)18-13-8-10(16)3-5-12(13)15(17)20/h3-8,18H,1-2H3,(H2,17,20). The number of methoxy groups -OCH3 is 1. The average Bonchev–Trinajstić information content (AvgIpc) is 2.38. The second-order valence-corrected chi connectivity index (χ2v) is 5.72. The second kappa shape index (κ2) is 6.24. The predicted octanol–water partition coefficient (Wildman–Crippen LogP) is 4.14. The second-order valence-electron chi connectivity index (χ2n) is 4.36. The first-order chi connectivity index (χ1) is 9.51. The Kier molecular flexibility index (Phi) is 4.62. The Labute approximate surface area is 132 Å². The van der Waals surface area contributed by atoms with Crippen LogP contribution < -0.4 is 15.8 Å². The molecule has 0 atom stereocenters. The number of aryl methyl sites for hydroxylation is 1. The Bertz CT molecular complexity index is 658. The molecule has 3 nitrogen and oxygen atoms in total. The summed E-state index contributed by atoms with van der Waals surface area (Å²) in [5.41, 5.74) is 9.45. The molecule has 2 aromatic rings. The Morgan fingerprint density at radius 1 is 1.25 bits per heavy atom. The van der Waals surface area contributed by atoms with Crippen molar-refractivity contribution in [1.82, 2.24) is 0 Å². The summed E-state index contributed by atoms with van der Waals surface area (Å²) >= 11 is 8.53. The Hall–Kier alpha value is -1.59. The first-order valence-electron chi connectivity index (χ1n) is 6.02. The van der Waals surface area contributed by atoms with E-state index in [1.165, 1.54) is 0 Å². The highest BCUT2D eigenvalue weighted by atomic mass is 79.9. The fourth-order valence-electron chi connectivity index (χ4n) is 1.95. The molecule has 0 radical (unpaired) electrons. The van der Waals surface area contributed by atoms with Gasteiger partial charge in [0.2, 0.25) is 0 Å². The first kappa shape index (κ1) is 14.8. The van der Waals surface area contributed by atoms with E-state index in [4.69, 9.17) is 22.7 Å². The number of hydrogen-bond acceptors (Lipinski definition) is 3. The molecule has 0 bridgehead atoms. The van der Waals surface area contributed by atoms with E-state index in [1.807, 2.05) is 43.3 Å². The van der Waals surface area contributed by atoms with Crippen LogP contribution in [0.2, 0.25) is 0 Å². The van der Waals surface area contributed by atoms with Gasteiger partial charge in [-0.1, -0.05) is 28.1 Å². The van der Waals surface area contributed by atoms with Crippen LogP contribution in [0.4, 0.5) is 11.4 Å². The lowest BCUT2D eigenvalue weighted by Crippen LogP contribution is -2.11. The largest absolute Gasteiger partial charge is 0.496 e. The molecule has 0 saturated heterocycles. The van der Waals surface area contributed by atoms with Gasteiger partial charge in [-0.05, 0) is 48.9 Å². The van der Waals surface area contributed by atoms with E-state index in [0.29, 0.717) is 4.99 Å². The molecular weight excluding hydrogens is 336 g/mol. The summed E-state index contributed by atoms with van der Waals surface area (Å²) in [6.45, 7) is 2.00. The quantitative estimate of drug-likeness (QED) is 0.813. The molecule has 0 unspecified atom stereocenters. The van der Waals surface area contributed by atoms with E-state index in [9.17, 15) is 0 Å². The molecule has 2 aromatic carbocycles. The van der Waals surface area contributed by atoms with Crippen molar-refractivity contribution in [3.63, 3.8) is 0 Å². The van der Waals surface area contributed by atoms with E-state index in [2.05, 4.69) is 21.2 Å². The van der Waals surface area contributed by atoms with Crippen LogP contribution in [-0.4, -0.2) is 12.1 Å². The molecule has 5 heteroatoms. The van der Waals surface area contributed by atoms with Gasteiger partial charge in [-0.25, -0.2) is 0 Å². The number of rotatable bonds is 4. The van der Waals surface area contributed by atoms with Crippen molar-refractivity contribution >= 4 is 44.5 Å². The van der Waals surface area contributed by atoms with Gasteiger partial charge in [-0.15, -0.1) is 0 Å². The lowest BCUT2D eigenvalue weighted by atomic mass is 10.1. The zero-order valence-electron chi connectivity index (χ0n) is 11.2. The highest BCUT2D eigenvalue weighted by molar-refractivity contribution is 9.10. The monoisotopic (exact) mass is 350 g/mol. The van der Waals surface area contributed by atoms with E-state index < -0.39 is 0 Å². The number of benzene rings is 2. The number of thiocarbonyl (C=S) groups is 1. The van der Waals surface area contributed by atoms with Crippen LogP contribution in [0, 0.1) is 6.92 Å². The van der Waals surface area contributed by atoms with Gasteiger partial charge < -0.3 is 15.8 Å². The van der Waals surface area contributed by atoms with Crippen molar-refractivity contribution in [3.05, 3.63) is 52.0 Å². The molecule has 0 heterocycles. The van der Waals surface area contributed by atoms with E-state index in [0.717, 1.165) is 32.7 Å². The molecule has 0 aromatic heterocycles. The van der Waals surface area contributed by atoms with Crippen LogP contribution in [-0.2, 0) is 0 Å². The number of halogens is 1. The average molecular weight is 351 g/mol. The summed E-state index contributed by atoms with van der Waals surface area (Å²) in [5, 5.41) is 3.33. The molecular formula is C15H15BrN2OS. The molecule has 3 N–H and O–H groups in total. The molecule has 2 rings (SSSR count). The fraction of sp³-hybridized carbons (Fsp3) is 0.133. The number of nitrogens with one attached hydrogen (secondary N) is 1. The molecule has 0 aliphatic carbocycles. The maximum Gasteiger partial charge on any atom is 0.121 e. The summed E-state index contributed by atoms with van der Waals surface area (Å²) in [6.07, 6.45) is 0. The third kappa shape index (κ3) is 3.29. The van der Waals surface area contributed by atoms with Crippen LogP contribution in [0.5, 0.6) is 5.75 Å². The highest BCUT2D eigenvalue weighted by Gasteiger charge is 2.07. The smallest absolute Gasteiger partial charge is 0.121 e. The van der Waals surface area contributed by atoms with Gasteiger partial charge in [-0.3, -0.25) is 0 Å². The van der Waals surface area contributed by atoms with Crippen LogP contribution in [0.25, 0.3) is 0 Å². The molecule has 0 aliphatic heterocycles. The minimum absolute atomic E-state index is 0.366. The summed E-state index contributed by atoms with van der Waals surface area (Å²) in [4.78, 5) is 0.366. The van der Waals surface area contributed by atoms with Crippen LogP contribution in [0.15, 0.2) is 40.9 Å². The number of nitrogens with two attached hydrogens (primary N) is 1. The van der Waals surface area contributed by atoms with Crippen LogP contribution in [0.1, 0.15) is 11.1 Å². The van der Waals surface area contributed by atoms with Crippen molar-refractivity contribution in [1.29, 1.82) is 0 Å². The molecule has 0 amide bonds. The zero-order chi connectivity index (χ0) is 14.7. The topological polar surface area (TPSA) is 47.3 Å². The van der Waals surface area contributed by atoms with Gasteiger partial charge in [0.05, 0.1) is 7.11 Å². The normalized spacial score (nSPS) is 10.2. The van der Waals surface area contributed by atoms with Crippen molar-refractivity contribution < 1.29 is 4.74 Å². The van der Waals surface area contributed by atoms with E-state index in [1.54, 1.807) is 7.11 Å². The molecule has 0 fully saturated rings. The molecule has 20 heavy (non-hydrogen) atoms. The van der Waals surface area contributed by atoms with Crippen LogP contribution in [0.3, 0.4) is 0 Å². The number of anilines is 2. The number of hydrogen-bond donors (Lipinski definition) is 2. The molecule has 0 saturated carbocycles. The zero-order valence-corrected chi connectivity index (χ0v) is 13.6. The van der Waals surface area contributed by atoms with Crippen molar-refractivity contribution in [3.8, 4) is 5.75 Å². The van der Waals surface area contributed by atoms with Crippen molar-refractivity contribution in [2.75, 3.05) is 12.4 Å². The van der Waals surface area contributed by atoms with Crippen LogP contribution >= 0.6 is 28.1 Å². The van der Waals surface area contributed by atoms with Gasteiger partial charge in [0.15, 0.2) is 0 Å².